The van der Waals surface area contributed by atoms with E-state index in [4.69, 9.17) is 9.90 Å². The number of benzene rings is 4. The fraction of sp³-hybridized carbons (Fsp3) is 0.256. The number of hydrogen-bond donors (Lipinski definition) is 0. The van der Waals surface area contributed by atoms with Gasteiger partial charge in [-0.05, 0) is 46.5 Å². The van der Waals surface area contributed by atoms with Crippen molar-refractivity contribution in [2.75, 3.05) is 0 Å². The largest absolute Gasteiger partial charge is 0.501 e. The topological polar surface area (TPSA) is 38.9 Å². The Balaban J connectivity index is 0.000000217. The van der Waals surface area contributed by atoms with Gasteiger partial charge in [0.25, 0.3) is 0 Å². The van der Waals surface area contributed by atoms with Crippen molar-refractivity contribution < 1.29 is 30.0 Å². The van der Waals surface area contributed by atoms with Crippen LogP contribution in [0.5, 0.6) is 0 Å². The van der Waals surface area contributed by atoms with Gasteiger partial charge < -0.3 is 9.40 Å². The van der Waals surface area contributed by atoms with Crippen molar-refractivity contribution in [3.63, 3.8) is 0 Å². The smallest absolute Gasteiger partial charge is 0.121 e. The van der Waals surface area contributed by atoms with Crippen molar-refractivity contribution >= 4 is 50.4 Å². The predicted octanol–water partition coefficient (Wildman–Crippen LogP) is 11.4. The van der Waals surface area contributed by atoms with E-state index in [1.165, 1.54) is 10.5 Å². The third kappa shape index (κ3) is 8.00. The number of nitrogens with zero attached hydrogens (tertiary/aromatic N) is 2. The van der Waals surface area contributed by atoms with Gasteiger partial charge in [0.15, 0.2) is 0 Å². The molecular formula is C43H44GeIrN2O-2. The quantitative estimate of drug-likeness (QED) is 0.128. The van der Waals surface area contributed by atoms with Crippen LogP contribution < -0.4 is 4.40 Å². The SMILES string of the molecule is [2H]C(C)(C)c1cc(-c2[c-]cccc2)nc[c]1[Ge]([CH3])([CH3])[CH3].[2H]c1cc(C([2H])([2H])C(C)(C)C)cc(-c2[c-]ccc3c2oc2cc4ccccc4cc23)n1.[Ir]. The van der Waals surface area contributed by atoms with Crippen LogP contribution in [0, 0.1) is 17.5 Å². The molecule has 0 N–H and O–H groups in total. The molecule has 7 aromatic rings. The third-order valence-electron chi connectivity index (χ3n) is 8.01. The van der Waals surface area contributed by atoms with E-state index >= 15 is 0 Å². The van der Waals surface area contributed by atoms with E-state index < -0.39 is 30.9 Å². The number of fused-ring (bicyclic) bond motifs is 4. The molecule has 7 rings (SSSR count). The minimum Gasteiger partial charge on any atom is -0.501 e. The molecule has 0 aliphatic carbocycles. The first-order valence-corrected chi connectivity index (χ1v) is 23.4. The first-order chi connectivity index (χ1) is 23.8. The van der Waals surface area contributed by atoms with Crippen molar-refractivity contribution in [2.24, 2.45) is 5.41 Å². The van der Waals surface area contributed by atoms with Crippen molar-refractivity contribution in [3.05, 3.63) is 127 Å². The minimum absolute atomic E-state index is 0. The Labute approximate surface area is 307 Å². The van der Waals surface area contributed by atoms with Crippen LogP contribution in [-0.4, -0.2) is 23.2 Å². The number of rotatable bonds is 5. The van der Waals surface area contributed by atoms with Gasteiger partial charge in [-0.1, -0.05) is 67.6 Å². The molecule has 1 radical (unpaired) electrons. The standard InChI is InChI=1S/C26H22NO.C17H22GeN.Ir/c1-26(2,3)16-17-11-12-27-23(13-17)21-10-6-9-20-22-14-18-7-4-5-8-19(18)15-24(22)28-25(20)21;1-13(2)15-11-17(14-9-7-6-8-10-14)19-12-16(15)18(3,4)5;/h4-9,11-15H,16H2,1-3H3;6-9,11-13H,1-5H3;/q2*-1;/i12D,16D2;13D;. The second-order valence-corrected chi connectivity index (χ2v) is 24.9. The molecule has 0 spiro atoms. The summed E-state index contributed by atoms with van der Waals surface area (Å²) in [6.07, 6.45) is 0.398. The molecule has 48 heavy (non-hydrogen) atoms. The molecule has 0 aliphatic rings. The monoisotopic (exact) mass is 875 g/mol. The first kappa shape index (κ1) is 30.5. The zero-order chi connectivity index (χ0) is 36.9. The van der Waals surface area contributed by atoms with Crippen molar-refractivity contribution in [1.29, 1.82) is 0 Å². The molecular weight excluding hydrogens is 825 g/mol. The van der Waals surface area contributed by atoms with Crippen LogP contribution in [0.3, 0.4) is 0 Å². The second kappa shape index (κ2) is 14.5. The first-order valence-electron chi connectivity index (χ1n) is 18.1. The van der Waals surface area contributed by atoms with E-state index in [1.807, 2.05) is 95.4 Å². The fourth-order valence-electron chi connectivity index (χ4n) is 5.81. The zero-order valence-corrected chi connectivity index (χ0v) is 33.4. The molecule has 3 heterocycles. The van der Waals surface area contributed by atoms with Crippen LogP contribution in [-0.2, 0) is 26.5 Å². The van der Waals surface area contributed by atoms with Gasteiger partial charge in [0.2, 0.25) is 0 Å². The van der Waals surface area contributed by atoms with Crippen molar-refractivity contribution in [3.8, 4) is 22.5 Å². The molecule has 0 unspecified atom stereocenters. The summed E-state index contributed by atoms with van der Waals surface area (Å²) in [4.78, 5) is 9.01. The predicted molar refractivity (Wildman–Crippen MR) is 202 cm³/mol. The van der Waals surface area contributed by atoms with E-state index in [0.717, 1.165) is 43.9 Å². The zero-order valence-electron chi connectivity index (χ0n) is 32.9. The average molecular weight is 874 g/mol. The van der Waals surface area contributed by atoms with Crippen LogP contribution in [0.4, 0.5) is 0 Å². The van der Waals surface area contributed by atoms with E-state index in [0.29, 0.717) is 22.4 Å². The summed E-state index contributed by atoms with van der Waals surface area (Å²) in [5.74, 6) is 6.45. The Hall–Kier alpha value is -3.57. The second-order valence-electron chi connectivity index (χ2n) is 14.3. The van der Waals surface area contributed by atoms with Gasteiger partial charge in [-0.3, -0.25) is 0 Å². The van der Waals surface area contributed by atoms with Crippen molar-refractivity contribution in [1.82, 2.24) is 9.97 Å². The Bertz CT molecular complexity index is 2370. The average Bonchev–Trinajstić information content (AvgIpc) is 3.43. The maximum absolute atomic E-state index is 8.63. The van der Waals surface area contributed by atoms with Crippen molar-refractivity contribution in [2.45, 2.75) is 64.2 Å². The van der Waals surface area contributed by atoms with Crippen LogP contribution in [0.1, 0.15) is 57.1 Å². The fourth-order valence-corrected chi connectivity index (χ4v) is 9.13. The Morgan fingerprint density at radius 3 is 2.25 bits per heavy atom. The van der Waals surface area contributed by atoms with Gasteiger partial charge in [0.1, 0.15) is 5.58 Å². The minimum atomic E-state index is -2.03. The van der Waals surface area contributed by atoms with Crippen LogP contribution in [0.15, 0.2) is 108 Å². The molecule has 4 aromatic carbocycles. The van der Waals surface area contributed by atoms with Gasteiger partial charge >= 0.3 is 120 Å². The van der Waals surface area contributed by atoms with E-state index in [2.05, 4.69) is 63.6 Å². The molecule has 3 aromatic heterocycles. The van der Waals surface area contributed by atoms with Crippen LogP contribution in [0.25, 0.3) is 55.2 Å². The molecule has 0 fully saturated rings. The molecule has 0 amide bonds. The molecule has 0 saturated carbocycles. The molecule has 0 saturated heterocycles. The van der Waals surface area contributed by atoms with Gasteiger partial charge in [-0.2, -0.15) is 0 Å². The summed E-state index contributed by atoms with van der Waals surface area (Å²) in [6.45, 7) is 9.48. The summed E-state index contributed by atoms with van der Waals surface area (Å²) < 4.78 is 41.5. The van der Waals surface area contributed by atoms with Gasteiger partial charge in [0, 0.05) is 34.4 Å². The summed E-state index contributed by atoms with van der Waals surface area (Å²) in [7, 11) is 0. The van der Waals surface area contributed by atoms with E-state index in [-0.39, 0.29) is 26.3 Å². The van der Waals surface area contributed by atoms with E-state index in [9.17, 15) is 0 Å². The summed E-state index contributed by atoms with van der Waals surface area (Å²) in [5.41, 5.74) is 5.38. The van der Waals surface area contributed by atoms with E-state index in [1.54, 1.807) is 6.07 Å². The van der Waals surface area contributed by atoms with Gasteiger partial charge in [0.05, 0.1) is 6.95 Å². The maximum atomic E-state index is 8.63. The maximum Gasteiger partial charge on any atom is 0.121 e. The number of aromatic nitrogens is 2. The van der Waals surface area contributed by atoms with Crippen LogP contribution >= 0.6 is 0 Å². The van der Waals surface area contributed by atoms with Crippen LogP contribution in [0.2, 0.25) is 17.3 Å². The molecule has 0 aliphatic heterocycles. The number of pyridine rings is 2. The Morgan fingerprint density at radius 2 is 1.58 bits per heavy atom. The molecule has 0 bridgehead atoms. The summed E-state index contributed by atoms with van der Waals surface area (Å²) in [6, 6.07) is 35.7. The summed E-state index contributed by atoms with van der Waals surface area (Å²) in [5, 5.41) is 4.20. The van der Waals surface area contributed by atoms with Gasteiger partial charge in [-0.25, -0.2) is 0 Å². The van der Waals surface area contributed by atoms with Gasteiger partial charge in [-0.15, -0.1) is 18.2 Å². The summed E-state index contributed by atoms with van der Waals surface area (Å²) >= 11 is -2.03. The third-order valence-corrected chi connectivity index (χ3v) is 12.2. The Morgan fingerprint density at radius 1 is 0.854 bits per heavy atom. The molecule has 0 atom stereocenters. The number of furan rings is 1. The molecule has 247 valence electrons. The molecule has 5 heteroatoms. The Kier molecular flexibility index (Phi) is 9.21. The number of hydrogen-bond acceptors (Lipinski definition) is 3. The normalized spacial score (nSPS) is 13.6. The molecule has 3 nitrogen and oxygen atoms in total.